The van der Waals surface area contributed by atoms with Crippen molar-refractivity contribution in [3.8, 4) is 5.75 Å². The summed E-state index contributed by atoms with van der Waals surface area (Å²) in [7, 11) is 0. The van der Waals surface area contributed by atoms with E-state index in [1.54, 1.807) is 12.1 Å². The number of para-hydroxylation sites is 1. The number of hydrogen-bond acceptors (Lipinski definition) is 5. The molecule has 0 fully saturated rings. The smallest absolute Gasteiger partial charge is 0.305 e. The molecule has 0 atom stereocenters. The van der Waals surface area contributed by atoms with Crippen molar-refractivity contribution in [1.29, 1.82) is 0 Å². The second-order valence-corrected chi connectivity index (χ2v) is 6.65. The maximum atomic E-state index is 12.4. The lowest BCUT2D eigenvalue weighted by atomic mass is 10.1. The van der Waals surface area contributed by atoms with Crippen LogP contribution in [0.5, 0.6) is 5.75 Å². The topological polar surface area (TPSA) is 72.9 Å². The number of ether oxygens (including phenoxy) is 2. The summed E-state index contributed by atoms with van der Waals surface area (Å²) in [6, 6.07) is 14.6. The molecule has 0 aliphatic carbocycles. The summed E-state index contributed by atoms with van der Waals surface area (Å²) in [5, 5.41) is 0. The van der Waals surface area contributed by atoms with E-state index < -0.39 is 0 Å². The number of aryl methyl sites for hydroxylation is 1. The first-order valence-electron chi connectivity index (χ1n) is 9.36. The first-order chi connectivity index (χ1) is 13.6. The minimum absolute atomic E-state index is 0.159. The zero-order valence-corrected chi connectivity index (χ0v) is 15.8. The molecule has 2 aromatic rings. The molecule has 3 rings (SSSR count). The summed E-state index contributed by atoms with van der Waals surface area (Å²) in [5.41, 5.74) is 1.80. The fraction of sp³-hybridized carbons (Fsp3) is 0.318. The van der Waals surface area contributed by atoms with Gasteiger partial charge in [0.05, 0.1) is 24.3 Å². The molecule has 1 heterocycles. The molecule has 146 valence electrons. The number of carbonyl (C=O) groups is 3. The van der Waals surface area contributed by atoms with Gasteiger partial charge in [-0.3, -0.25) is 19.3 Å². The van der Waals surface area contributed by atoms with Crippen molar-refractivity contribution in [2.75, 3.05) is 19.8 Å². The Kier molecular flexibility index (Phi) is 6.42. The van der Waals surface area contributed by atoms with Crippen molar-refractivity contribution < 1.29 is 23.9 Å². The van der Waals surface area contributed by atoms with Gasteiger partial charge in [0, 0.05) is 19.4 Å². The second kappa shape index (κ2) is 9.17. The number of benzene rings is 2. The zero-order chi connectivity index (χ0) is 19.9. The highest BCUT2D eigenvalue weighted by Gasteiger charge is 2.34. The molecule has 0 saturated carbocycles. The van der Waals surface area contributed by atoms with Gasteiger partial charge in [0.1, 0.15) is 5.75 Å². The van der Waals surface area contributed by atoms with Gasteiger partial charge < -0.3 is 9.47 Å². The Labute approximate surface area is 164 Å². The third-order valence-electron chi connectivity index (χ3n) is 4.45. The summed E-state index contributed by atoms with van der Waals surface area (Å²) in [6.07, 6.45) is 1.13. The summed E-state index contributed by atoms with van der Waals surface area (Å²) in [5.74, 6) is -0.154. The van der Waals surface area contributed by atoms with Crippen molar-refractivity contribution in [3.05, 3.63) is 65.2 Å². The Morgan fingerprint density at radius 2 is 1.68 bits per heavy atom. The largest absolute Gasteiger partial charge is 0.493 e. The lowest BCUT2D eigenvalue weighted by Crippen LogP contribution is -2.31. The number of fused-ring (bicyclic) bond motifs is 1. The van der Waals surface area contributed by atoms with Crippen molar-refractivity contribution in [2.24, 2.45) is 0 Å². The van der Waals surface area contributed by atoms with E-state index in [2.05, 4.69) is 0 Å². The highest BCUT2D eigenvalue weighted by molar-refractivity contribution is 6.21. The fourth-order valence-electron chi connectivity index (χ4n) is 3.01. The number of imide groups is 1. The number of amides is 2. The maximum absolute atomic E-state index is 12.4. The van der Waals surface area contributed by atoms with Crippen LogP contribution in [0.15, 0.2) is 48.5 Å². The van der Waals surface area contributed by atoms with E-state index in [4.69, 9.17) is 9.47 Å². The number of esters is 1. The number of carbonyl (C=O) groups excluding carboxylic acids is 3. The minimum Gasteiger partial charge on any atom is -0.493 e. The van der Waals surface area contributed by atoms with Gasteiger partial charge in [-0.05, 0) is 37.6 Å². The lowest BCUT2D eigenvalue weighted by molar-refractivity contribution is -0.144. The lowest BCUT2D eigenvalue weighted by Gasteiger charge is -2.13. The third kappa shape index (κ3) is 4.76. The van der Waals surface area contributed by atoms with Crippen molar-refractivity contribution in [1.82, 2.24) is 4.90 Å². The van der Waals surface area contributed by atoms with E-state index in [9.17, 15) is 14.4 Å². The Morgan fingerprint density at radius 1 is 0.929 bits per heavy atom. The predicted molar refractivity (Wildman–Crippen MR) is 103 cm³/mol. The number of hydrogen-bond donors (Lipinski definition) is 0. The van der Waals surface area contributed by atoms with Gasteiger partial charge in [-0.15, -0.1) is 0 Å². The van der Waals surface area contributed by atoms with Gasteiger partial charge in [0.25, 0.3) is 11.8 Å². The molecule has 2 aromatic carbocycles. The van der Waals surface area contributed by atoms with Gasteiger partial charge in [0.15, 0.2) is 0 Å². The third-order valence-corrected chi connectivity index (χ3v) is 4.45. The Hall–Kier alpha value is -3.15. The Balaban J connectivity index is 1.33. The van der Waals surface area contributed by atoms with Crippen LogP contribution >= 0.6 is 0 Å². The van der Waals surface area contributed by atoms with Gasteiger partial charge in [-0.2, -0.15) is 0 Å². The normalized spacial score (nSPS) is 12.8. The maximum Gasteiger partial charge on any atom is 0.305 e. The molecule has 1 aliphatic heterocycles. The first kappa shape index (κ1) is 19.6. The molecule has 28 heavy (non-hydrogen) atoms. The molecular formula is C22H23NO5. The minimum atomic E-state index is -0.341. The molecule has 0 radical (unpaired) electrons. The summed E-state index contributed by atoms with van der Waals surface area (Å²) < 4.78 is 10.7. The highest BCUT2D eigenvalue weighted by Crippen LogP contribution is 2.24. The standard InChI is InChI=1S/C22H23NO5/c1-16-10-11-18-19(15-16)22(26)23(21(18)25)12-5-9-20(24)28-14-6-13-27-17-7-3-2-4-8-17/h2-4,7-8,10-11,15H,5-6,9,12-14H2,1H3. The van der Waals surface area contributed by atoms with Gasteiger partial charge in [0.2, 0.25) is 0 Å². The molecule has 0 N–H and O–H groups in total. The Morgan fingerprint density at radius 3 is 2.46 bits per heavy atom. The number of rotatable bonds is 9. The van der Waals surface area contributed by atoms with Crippen molar-refractivity contribution in [3.63, 3.8) is 0 Å². The van der Waals surface area contributed by atoms with Crippen molar-refractivity contribution in [2.45, 2.75) is 26.2 Å². The fourth-order valence-corrected chi connectivity index (χ4v) is 3.01. The molecule has 0 unspecified atom stereocenters. The quantitative estimate of drug-likeness (QED) is 0.378. The van der Waals surface area contributed by atoms with E-state index >= 15 is 0 Å². The van der Waals surface area contributed by atoms with E-state index in [0.717, 1.165) is 11.3 Å². The van der Waals surface area contributed by atoms with E-state index in [1.165, 1.54) is 4.90 Å². The molecule has 6 nitrogen and oxygen atoms in total. The SMILES string of the molecule is Cc1ccc2c(c1)C(=O)N(CCCC(=O)OCCCOc1ccccc1)C2=O. The van der Waals surface area contributed by atoms with Gasteiger partial charge >= 0.3 is 5.97 Å². The van der Waals surface area contributed by atoms with Crippen LogP contribution in [0.3, 0.4) is 0 Å². The molecule has 0 spiro atoms. The van der Waals surface area contributed by atoms with E-state index in [-0.39, 0.29) is 37.4 Å². The molecule has 6 heteroatoms. The molecule has 0 saturated heterocycles. The second-order valence-electron chi connectivity index (χ2n) is 6.65. The van der Waals surface area contributed by atoms with Crippen LogP contribution in [0.1, 0.15) is 45.5 Å². The van der Waals surface area contributed by atoms with Crippen LogP contribution < -0.4 is 4.74 Å². The summed E-state index contributed by atoms with van der Waals surface area (Å²) in [4.78, 5) is 37.7. The average Bonchev–Trinajstić information content (AvgIpc) is 2.93. The molecule has 2 amide bonds. The first-order valence-corrected chi connectivity index (χ1v) is 9.36. The van der Waals surface area contributed by atoms with Crippen LogP contribution in [0, 0.1) is 6.92 Å². The molecular weight excluding hydrogens is 358 g/mol. The summed E-state index contributed by atoms with van der Waals surface area (Å²) >= 11 is 0. The molecule has 1 aliphatic rings. The van der Waals surface area contributed by atoms with Crippen LogP contribution in [0.2, 0.25) is 0 Å². The van der Waals surface area contributed by atoms with Crippen LogP contribution in [0.4, 0.5) is 0 Å². The van der Waals surface area contributed by atoms with Crippen molar-refractivity contribution >= 4 is 17.8 Å². The van der Waals surface area contributed by atoms with E-state index in [1.807, 2.05) is 43.3 Å². The highest BCUT2D eigenvalue weighted by atomic mass is 16.5. The monoisotopic (exact) mass is 381 g/mol. The Bertz CT molecular complexity index is 862. The zero-order valence-electron chi connectivity index (χ0n) is 15.8. The van der Waals surface area contributed by atoms with Gasteiger partial charge in [-0.25, -0.2) is 0 Å². The van der Waals surface area contributed by atoms with Gasteiger partial charge in [-0.1, -0.05) is 29.8 Å². The van der Waals surface area contributed by atoms with Crippen LogP contribution in [-0.2, 0) is 9.53 Å². The summed E-state index contributed by atoms with van der Waals surface area (Å²) in [6.45, 7) is 2.82. The van der Waals surface area contributed by atoms with E-state index in [0.29, 0.717) is 30.6 Å². The number of nitrogens with zero attached hydrogens (tertiary/aromatic N) is 1. The average molecular weight is 381 g/mol. The molecule has 0 bridgehead atoms. The molecule has 0 aromatic heterocycles. The van der Waals surface area contributed by atoms with Crippen LogP contribution in [-0.4, -0.2) is 42.4 Å². The predicted octanol–water partition coefficient (Wildman–Crippen LogP) is 3.38. The van der Waals surface area contributed by atoms with Crippen LogP contribution in [0.25, 0.3) is 0 Å².